The van der Waals surface area contributed by atoms with E-state index in [1.807, 2.05) is 0 Å². The van der Waals surface area contributed by atoms with Crippen LogP contribution in [0.15, 0.2) is 18.2 Å². The number of nitrogens with one attached hydrogen (secondary N) is 1. The van der Waals surface area contributed by atoms with Crippen molar-refractivity contribution in [2.24, 2.45) is 0 Å². The number of rotatable bonds is 4. The zero-order chi connectivity index (χ0) is 14.9. The van der Waals surface area contributed by atoms with Crippen molar-refractivity contribution in [3.05, 3.63) is 23.8 Å². The monoisotopic (exact) mass is 336 g/mol. The van der Waals surface area contributed by atoms with Crippen molar-refractivity contribution < 1.29 is 23.4 Å². The van der Waals surface area contributed by atoms with E-state index in [0.29, 0.717) is 6.42 Å². The van der Waals surface area contributed by atoms with Crippen LogP contribution in [-0.4, -0.2) is 49.1 Å². The van der Waals surface area contributed by atoms with Gasteiger partial charge in [0.1, 0.15) is 0 Å². The molecule has 0 radical (unpaired) electrons. The van der Waals surface area contributed by atoms with Crippen LogP contribution < -0.4 is 14.8 Å². The quantitative estimate of drug-likeness (QED) is 0.877. The molecule has 1 atom stereocenters. The van der Waals surface area contributed by atoms with E-state index in [1.165, 1.54) is 6.07 Å². The summed E-state index contributed by atoms with van der Waals surface area (Å²) in [7, 11) is 0. The van der Waals surface area contributed by atoms with Gasteiger partial charge in [-0.05, 0) is 24.1 Å². The summed E-state index contributed by atoms with van der Waals surface area (Å²) in [6.45, 7) is 3.51. The van der Waals surface area contributed by atoms with E-state index in [2.05, 4.69) is 19.7 Å². The summed E-state index contributed by atoms with van der Waals surface area (Å²) >= 11 is 0. The summed E-state index contributed by atoms with van der Waals surface area (Å²) in [5.41, 5.74) is 0.853. The van der Waals surface area contributed by atoms with Gasteiger partial charge in [0.2, 0.25) is 0 Å². The van der Waals surface area contributed by atoms with Crippen LogP contribution in [0.2, 0.25) is 0 Å². The van der Waals surface area contributed by atoms with E-state index >= 15 is 0 Å². The van der Waals surface area contributed by atoms with E-state index in [4.69, 9.17) is 0 Å². The maximum Gasteiger partial charge on any atom is 0.586 e. The molecule has 1 saturated heterocycles. The van der Waals surface area contributed by atoms with Crippen molar-refractivity contribution in [3.8, 4) is 11.5 Å². The zero-order valence-corrected chi connectivity index (χ0v) is 12.7. The molecule has 2 aliphatic heterocycles. The lowest BCUT2D eigenvalue weighted by Gasteiger charge is -2.35. The Labute approximate surface area is 133 Å². The molecule has 1 aromatic carbocycles. The molecule has 0 aliphatic carbocycles. The van der Waals surface area contributed by atoms with E-state index in [1.54, 1.807) is 12.1 Å². The first kappa shape index (κ1) is 17.2. The van der Waals surface area contributed by atoms with Gasteiger partial charge in [-0.1, -0.05) is 6.07 Å². The Bertz CT molecular complexity index is 513. The molecule has 0 amide bonds. The molecule has 0 aromatic heterocycles. The molecule has 3 rings (SSSR count). The second kappa shape index (κ2) is 6.95. The summed E-state index contributed by atoms with van der Waals surface area (Å²) < 4.78 is 35.0. The molecule has 0 unspecified atom stereocenters. The van der Waals surface area contributed by atoms with Gasteiger partial charge in [-0.3, -0.25) is 4.90 Å². The first-order chi connectivity index (χ1) is 10.1. The van der Waals surface area contributed by atoms with Crippen molar-refractivity contribution in [2.75, 3.05) is 32.8 Å². The van der Waals surface area contributed by atoms with E-state index in [9.17, 15) is 13.9 Å². The summed E-state index contributed by atoms with van der Waals surface area (Å²) in [5, 5.41) is 12.6. The lowest BCUT2D eigenvalue weighted by Crippen LogP contribution is -2.45. The van der Waals surface area contributed by atoms with Crippen LogP contribution in [0.1, 0.15) is 18.0 Å². The van der Waals surface area contributed by atoms with Gasteiger partial charge in [0.05, 0.1) is 0 Å². The van der Waals surface area contributed by atoms with Gasteiger partial charge in [-0.2, -0.15) is 0 Å². The number of aliphatic hydroxyl groups is 1. The molecular formula is C14H19ClF2N2O3. The normalized spacial score (nSPS) is 21.2. The van der Waals surface area contributed by atoms with Crippen molar-refractivity contribution in [1.29, 1.82) is 0 Å². The summed E-state index contributed by atoms with van der Waals surface area (Å²) in [6.07, 6.45) is -3.04. The fourth-order valence-electron chi connectivity index (χ4n) is 2.85. The average molecular weight is 337 g/mol. The van der Waals surface area contributed by atoms with Crippen LogP contribution in [0.5, 0.6) is 11.5 Å². The van der Waals surface area contributed by atoms with Crippen LogP contribution in [0.25, 0.3) is 0 Å². The molecule has 2 N–H and O–H groups in total. The van der Waals surface area contributed by atoms with Crippen LogP contribution in [0.4, 0.5) is 8.78 Å². The first-order valence-corrected chi connectivity index (χ1v) is 7.04. The maximum atomic E-state index is 13.1. The van der Waals surface area contributed by atoms with Crippen molar-refractivity contribution in [2.45, 2.75) is 18.8 Å². The Morgan fingerprint density at radius 2 is 1.91 bits per heavy atom. The molecule has 22 heavy (non-hydrogen) atoms. The Kier molecular flexibility index (Phi) is 5.44. The molecule has 2 heterocycles. The molecule has 1 fully saturated rings. The van der Waals surface area contributed by atoms with Crippen molar-refractivity contribution in [1.82, 2.24) is 10.2 Å². The van der Waals surface area contributed by atoms with Crippen molar-refractivity contribution >= 4 is 12.4 Å². The third-order valence-electron chi connectivity index (χ3n) is 3.80. The molecule has 0 bridgehead atoms. The average Bonchev–Trinajstić information content (AvgIpc) is 2.78. The van der Waals surface area contributed by atoms with Gasteiger partial charge in [0.25, 0.3) is 0 Å². The summed E-state index contributed by atoms with van der Waals surface area (Å²) in [4.78, 5) is 2.24. The van der Waals surface area contributed by atoms with Crippen molar-refractivity contribution in [3.63, 3.8) is 0 Å². The minimum atomic E-state index is -3.59. The molecule has 0 spiro atoms. The zero-order valence-electron chi connectivity index (χ0n) is 11.9. The number of alkyl halides is 2. The summed E-state index contributed by atoms with van der Waals surface area (Å²) in [6, 6.07) is 4.82. The molecule has 8 heteroatoms. The minimum absolute atomic E-state index is 0. The third-order valence-corrected chi connectivity index (χ3v) is 3.80. The van der Waals surface area contributed by atoms with Crippen LogP contribution in [0.3, 0.4) is 0 Å². The van der Waals surface area contributed by atoms with Crippen LogP contribution in [-0.2, 0) is 0 Å². The lowest BCUT2D eigenvalue weighted by molar-refractivity contribution is -0.286. The van der Waals surface area contributed by atoms with E-state index in [0.717, 1.165) is 31.7 Å². The second-order valence-corrected chi connectivity index (χ2v) is 5.19. The topological polar surface area (TPSA) is 54.0 Å². The molecule has 5 nitrogen and oxygen atoms in total. The van der Waals surface area contributed by atoms with E-state index < -0.39 is 6.29 Å². The molecule has 124 valence electrons. The number of piperazine rings is 1. The highest BCUT2D eigenvalue weighted by molar-refractivity contribution is 5.85. The number of hydrogen-bond acceptors (Lipinski definition) is 5. The lowest BCUT2D eigenvalue weighted by atomic mass is 10.0. The Balaban J connectivity index is 0.00000176. The standard InChI is InChI=1S/C14H18F2N2O3.ClH/c15-14(16)20-12-2-1-10(9-13(12)21-14)11(3-8-19)18-6-4-17-5-7-18;/h1-2,9,11,17,19H,3-8H2;1H/t11-;/m1./s1. The van der Waals surface area contributed by atoms with Gasteiger partial charge < -0.3 is 19.9 Å². The highest BCUT2D eigenvalue weighted by atomic mass is 35.5. The summed E-state index contributed by atoms with van der Waals surface area (Å²) in [5.74, 6) is 0.0994. The minimum Gasteiger partial charge on any atom is -0.396 e. The number of benzene rings is 1. The molecular weight excluding hydrogens is 318 g/mol. The molecule has 1 aromatic rings. The molecule has 0 saturated carbocycles. The predicted octanol–water partition coefficient (Wildman–Crippen LogP) is 1.76. The number of aliphatic hydroxyl groups excluding tert-OH is 1. The second-order valence-electron chi connectivity index (χ2n) is 5.19. The van der Waals surface area contributed by atoms with Crippen LogP contribution >= 0.6 is 12.4 Å². The maximum absolute atomic E-state index is 13.1. The highest BCUT2D eigenvalue weighted by Crippen LogP contribution is 2.42. The number of ether oxygens (including phenoxy) is 2. The largest absolute Gasteiger partial charge is 0.586 e. The fourth-order valence-corrected chi connectivity index (χ4v) is 2.85. The number of fused-ring (bicyclic) bond motifs is 1. The Hall–Kier alpha value is -1.15. The SMILES string of the molecule is Cl.OCC[C@H](c1ccc2c(c1)OC(F)(F)O2)N1CCNCC1. The van der Waals surface area contributed by atoms with E-state index in [-0.39, 0.29) is 36.6 Å². The smallest absolute Gasteiger partial charge is 0.396 e. The predicted molar refractivity (Wildman–Crippen MR) is 78.8 cm³/mol. The van der Waals surface area contributed by atoms with Crippen LogP contribution in [0, 0.1) is 0 Å². The number of halogens is 3. The molecule has 2 aliphatic rings. The highest BCUT2D eigenvalue weighted by Gasteiger charge is 2.43. The number of hydrogen-bond donors (Lipinski definition) is 2. The van der Waals surface area contributed by atoms with Gasteiger partial charge in [-0.25, -0.2) is 0 Å². The van der Waals surface area contributed by atoms with Gasteiger partial charge >= 0.3 is 6.29 Å². The van der Waals surface area contributed by atoms with Gasteiger partial charge in [0, 0.05) is 38.8 Å². The Morgan fingerprint density at radius 1 is 1.23 bits per heavy atom. The van der Waals surface area contributed by atoms with Gasteiger partial charge in [0.15, 0.2) is 11.5 Å². The third kappa shape index (κ3) is 3.60. The number of nitrogens with zero attached hydrogens (tertiary/aromatic N) is 1. The Morgan fingerprint density at radius 3 is 2.59 bits per heavy atom. The van der Waals surface area contributed by atoms with Gasteiger partial charge in [-0.15, -0.1) is 21.2 Å². The first-order valence-electron chi connectivity index (χ1n) is 7.04. The fraction of sp³-hybridized carbons (Fsp3) is 0.571.